The van der Waals surface area contributed by atoms with Gasteiger partial charge in [0.2, 0.25) is 0 Å². The monoisotopic (exact) mass is 272 g/mol. The predicted molar refractivity (Wildman–Crippen MR) is 59.0 cm³/mol. The molecule has 1 fully saturated rings. The molecule has 1 N–H and O–H groups in total. The van der Waals surface area contributed by atoms with Crippen molar-refractivity contribution in [3.63, 3.8) is 0 Å². The minimum atomic E-state index is -4.13. The SMILES string of the molecule is OC(COCC(F)(F)C(F)F)CC1CCCCC1. The zero-order chi connectivity index (χ0) is 13.6. The minimum Gasteiger partial charge on any atom is -0.391 e. The summed E-state index contributed by atoms with van der Waals surface area (Å²) in [6.07, 6.45) is 1.44. The zero-order valence-electron chi connectivity index (χ0n) is 10.3. The highest BCUT2D eigenvalue weighted by Gasteiger charge is 2.41. The molecule has 18 heavy (non-hydrogen) atoms. The van der Waals surface area contributed by atoms with E-state index in [-0.39, 0.29) is 6.61 Å². The maximum atomic E-state index is 12.5. The molecular formula is C12H20F4O2. The number of aliphatic hydroxyl groups excluding tert-OH is 1. The van der Waals surface area contributed by atoms with E-state index in [4.69, 9.17) is 0 Å². The van der Waals surface area contributed by atoms with Gasteiger partial charge in [-0.05, 0) is 12.3 Å². The van der Waals surface area contributed by atoms with Crippen LogP contribution in [0.5, 0.6) is 0 Å². The second-order valence-corrected chi connectivity index (χ2v) is 4.97. The zero-order valence-corrected chi connectivity index (χ0v) is 10.3. The summed E-state index contributed by atoms with van der Waals surface area (Å²) in [5.74, 6) is -3.74. The van der Waals surface area contributed by atoms with Crippen LogP contribution in [0.2, 0.25) is 0 Å². The summed E-state index contributed by atoms with van der Waals surface area (Å²) < 4.78 is 53.1. The fourth-order valence-electron chi connectivity index (χ4n) is 2.27. The maximum absolute atomic E-state index is 12.5. The molecule has 2 nitrogen and oxygen atoms in total. The minimum absolute atomic E-state index is 0.307. The fraction of sp³-hybridized carbons (Fsp3) is 1.00. The van der Waals surface area contributed by atoms with Crippen molar-refractivity contribution in [3.05, 3.63) is 0 Å². The van der Waals surface area contributed by atoms with Crippen molar-refractivity contribution < 1.29 is 27.4 Å². The van der Waals surface area contributed by atoms with Crippen molar-refractivity contribution in [2.24, 2.45) is 5.92 Å². The molecule has 0 aliphatic heterocycles. The van der Waals surface area contributed by atoms with E-state index >= 15 is 0 Å². The van der Waals surface area contributed by atoms with Crippen molar-refractivity contribution in [2.45, 2.75) is 57.0 Å². The van der Waals surface area contributed by atoms with E-state index in [1.54, 1.807) is 0 Å². The smallest absolute Gasteiger partial charge is 0.330 e. The summed E-state index contributed by atoms with van der Waals surface area (Å²) >= 11 is 0. The molecule has 1 unspecified atom stereocenters. The Kier molecular flexibility index (Phi) is 6.35. The van der Waals surface area contributed by atoms with Gasteiger partial charge >= 0.3 is 12.3 Å². The van der Waals surface area contributed by atoms with Crippen molar-refractivity contribution in [2.75, 3.05) is 13.2 Å². The normalized spacial score (nSPS) is 20.3. The van der Waals surface area contributed by atoms with E-state index in [0.29, 0.717) is 12.3 Å². The van der Waals surface area contributed by atoms with Crippen molar-refractivity contribution >= 4 is 0 Å². The van der Waals surface area contributed by atoms with Crippen LogP contribution < -0.4 is 0 Å². The third-order valence-electron chi connectivity index (χ3n) is 3.25. The van der Waals surface area contributed by atoms with E-state index in [1.807, 2.05) is 0 Å². The molecule has 1 atom stereocenters. The van der Waals surface area contributed by atoms with Crippen LogP contribution in [0.15, 0.2) is 0 Å². The van der Waals surface area contributed by atoms with Crippen molar-refractivity contribution in [3.8, 4) is 0 Å². The Morgan fingerprint density at radius 2 is 1.78 bits per heavy atom. The summed E-state index contributed by atoms with van der Waals surface area (Å²) in [6.45, 7) is -1.65. The molecule has 0 aromatic heterocycles. The van der Waals surface area contributed by atoms with Crippen LogP contribution in [0.3, 0.4) is 0 Å². The Morgan fingerprint density at radius 1 is 1.17 bits per heavy atom. The van der Waals surface area contributed by atoms with Gasteiger partial charge in [-0.15, -0.1) is 0 Å². The number of aliphatic hydroxyl groups is 1. The predicted octanol–water partition coefficient (Wildman–Crippen LogP) is 3.23. The molecule has 0 radical (unpaired) electrons. The van der Waals surface area contributed by atoms with E-state index in [9.17, 15) is 22.7 Å². The standard InChI is InChI=1S/C12H20F4O2/c13-11(14)12(15,16)8-18-7-10(17)6-9-4-2-1-3-5-9/h9-11,17H,1-8H2. The Balaban J connectivity index is 2.14. The molecule has 1 aliphatic rings. The fourth-order valence-corrected chi connectivity index (χ4v) is 2.27. The summed E-state index contributed by atoms with van der Waals surface area (Å²) in [4.78, 5) is 0. The third-order valence-corrected chi connectivity index (χ3v) is 3.25. The summed E-state index contributed by atoms with van der Waals surface area (Å²) in [7, 11) is 0. The van der Waals surface area contributed by atoms with Gasteiger partial charge in [-0.25, -0.2) is 8.78 Å². The Bertz CT molecular complexity index is 230. The van der Waals surface area contributed by atoms with Gasteiger partial charge in [0.1, 0.15) is 6.61 Å². The van der Waals surface area contributed by atoms with Gasteiger partial charge in [-0.3, -0.25) is 0 Å². The summed E-state index contributed by atoms with van der Waals surface area (Å²) in [6, 6.07) is 0. The van der Waals surface area contributed by atoms with Crippen molar-refractivity contribution in [1.82, 2.24) is 0 Å². The lowest BCUT2D eigenvalue weighted by molar-refractivity contribution is -0.171. The average Bonchev–Trinajstić information content (AvgIpc) is 2.29. The molecule has 6 heteroatoms. The molecule has 108 valence electrons. The Labute approximate surface area is 104 Å². The molecule has 0 aromatic rings. The number of halogens is 4. The second-order valence-electron chi connectivity index (χ2n) is 4.97. The van der Waals surface area contributed by atoms with Gasteiger partial charge in [0.15, 0.2) is 0 Å². The molecule has 0 amide bonds. The van der Waals surface area contributed by atoms with Gasteiger partial charge in [0.25, 0.3) is 0 Å². The number of alkyl halides is 4. The lowest BCUT2D eigenvalue weighted by Gasteiger charge is -2.24. The van der Waals surface area contributed by atoms with E-state index in [1.165, 1.54) is 6.42 Å². The highest BCUT2D eigenvalue weighted by atomic mass is 19.3. The van der Waals surface area contributed by atoms with E-state index < -0.39 is 25.1 Å². The molecule has 0 spiro atoms. The first-order valence-electron chi connectivity index (χ1n) is 6.33. The number of hydrogen-bond donors (Lipinski definition) is 1. The molecule has 0 heterocycles. The van der Waals surface area contributed by atoms with Crippen LogP contribution in [0.1, 0.15) is 38.5 Å². The quantitative estimate of drug-likeness (QED) is 0.721. The molecule has 0 aromatic carbocycles. The lowest BCUT2D eigenvalue weighted by Crippen LogP contribution is -2.34. The molecule has 1 aliphatic carbocycles. The van der Waals surface area contributed by atoms with Crippen LogP contribution >= 0.6 is 0 Å². The van der Waals surface area contributed by atoms with Crippen LogP contribution in [0.25, 0.3) is 0 Å². The largest absolute Gasteiger partial charge is 0.391 e. The van der Waals surface area contributed by atoms with Gasteiger partial charge in [-0.2, -0.15) is 8.78 Å². The summed E-state index contributed by atoms with van der Waals surface area (Å²) in [5, 5.41) is 9.58. The van der Waals surface area contributed by atoms with Crippen LogP contribution in [-0.2, 0) is 4.74 Å². The first kappa shape index (κ1) is 15.7. The van der Waals surface area contributed by atoms with E-state index in [2.05, 4.69) is 4.74 Å². The highest BCUT2D eigenvalue weighted by molar-refractivity contribution is 4.71. The highest BCUT2D eigenvalue weighted by Crippen LogP contribution is 2.27. The molecule has 0 bridgehead atoms. The van der Waals surface area contributed by atoms with E-state index in [0.717, 1.165) is 25.7 Å². The van der Waals surface area contributed by atoms with Crippen molar-refractivity contribution in [1.29, 1.82) is 0 Å². The Morgan fingerprint density at radius 3 is 2.33 bits per heavy atom. The Hall–Kier alpha value is -0.360. The van der Waals surface area contributed by atoms with Gasteiger partial charge in [-0.1, -0.05) is 32.1 Å². The first-order valence-corrected chi connectivity index (χ1v) is 6.33. The first-order chi connectivity index (χ1) is 8.42. The third kappa shape index (κ3) is 5.52. The number of hydrogen-bond acceptors (Lipinski definition) is 2. The molecular weight excluding hydrogens is 252 g/mol. The van der Waals surface area contributed by atoms with Gasteiger partial charge in [0.05, 0.1) is 12.7 Å². The van der Waals surface area contributed by atoms with Crippen LogP contribution in [-0.4, -0.2) is 36.8 Å². The van der Waals surface area contributed by atoms with Crippen LogP contribution in [0, 0.1) is 5.92 Å². The van der Waals surface area contributed by atoms with Gasteiger partial charge < -0.3 is 9.84 Å². The topological polar surface area (TPSA) is 29.5 Å². The lowest BCUT2D eigenvalue weighted by atomic mass is 9.85. The number of ether oxygens (including phenoxy) is 1. The number of rotatable bonds is 7. The molecule has 1 rings (SSSR count). The summed E-state index contributed by atoms with van der Waals surface area (Å²) in [5.41, 5.74) is 0. The van der Waals surface area contributed by atoms with Crippen LogP contribution in [0.4, 0.5) is 17.6 Å². The average molecular weight is 272 g/mol. The molecule has 1 saturated carbocycles. The van der Waals surface area contributed by atoms with Gasteiger partial charge in [0, 0.05) is 0 Å². The second kappa shape index (κ2) is 7.28. The molecule has 0 saturated heterocycles. The maximum Gasteiger partial charge on any atom is 0.330 e.